The van der Waals surface area contributed by atoms with Crippen LogP contribution in [0.25, 0.3) is 0 Å². The van der Waals surface area contributed by atoms with Crippen LogP contribution in [0.15, 0.2) is 29.4 Å². The van der Waals surface area contributed by atoms with Crippen LogP contribution in [0.5, 0.6) is 5.75 Å². The Kier molecular flexibility index (Phi) is 6.43. The summed E-state index contributed by atoms with van der Waals surface area (Å²) in [6, 6.07) is 7.18. The van der Waals surface area contributed by atoms with Gasteiger partial charge in [0, 0.05) is 25.2 Å². The molecule has 2 aromatic rings. The van der Waals surface area contributed by atoms with Crippen molar-refractivity contribution >= 4 is 29.3 Å². The fraction of sp³-hybridized carbons (Fsp3) is 0.500. The number of ether oxygens (including phenoxy) is 1. The van der Waals surface area contributed by atoms with Crippen LogP contribution in [0, 0.1) is 5.92 Å². The number of carbonyl (C=O) groups excluding carboxylic acids is 1. The first-order valence-corrected chi connectivity index (χ1v) is 10.1. The third kappa shape index (κ3) is 4.92. The van der Waals surface area contributed by atoms with E-state index >= 15 is 0 Å². The van der Waals surface area contributed by atoms with E-state index in [0.717, 1.165) is 36.8 Å². The molecule has 0 atom stereocenters. The average Bonchev–Trinajstić information content (AvgIpc) is 3.00. The molecule has 1 amide bonds. The molecular formula is C18H23ClN4O2S. The Morgan fingerprint density at radius 3 is 2.65 bits per heavy atom. The number of amides is 1. The second kappa shape index (κ2) is 8.77. The largest absolute Gasteiger partial charge is 0.486 e. The van der Waals surface area contributed by atoms with Gasteiger partial charge in [0.2, 0.25) is 5.91 Å². The highest BCUT2D eigenvalue weighted by atomic mass is 35.5. The molecule has 0 bridgehead atoms. The fourth-order valence-corrected chi connectivity index (χ4v) is 3.71. The lowest BCUT2D eigenvalue weighted by molar-refractivity contribution is -0.129. The monoisotopic (exact) mass is 394 g/mol. The first kappa shape index (κ1) is 19.0. The van der Waals surface area contributed by atoms with Gasteiger partial charge in [-0.25, -0.2) is 0 Å². The number of likely N-dealkylation sites (tertiary alicyclic amines) is 1. The van der Waals surface area contributed by atoms with Crippen LogP contribution in [0.3, 0.4) is 0 Å². The standard InChI is InChI=1S/C18H23ClN4O2S/c1-13-7-9-23(10-8-13)17(24)12-26-18-21-20-16(22(18)2)11-25-15-5-3-14(19)4-6-15/h3-6,13H,7-12H2,1-2H3. The molecule has 0 radical (unpaired) electrons. The molecule has 1 aliphatic heterocycles. The Morgan fingerprint density at radius 1 is 1.27 bits per heavy atom. The van der Waals surface area contributed by atoms with Gasteiger partial charge in [-0.3, -0.25) is 4.79 Å². The lowest BCUT2D eigenvalue weighted by Gasteiger charge is -2.30. The zero-order valence-corrected chi connectivity index (χ0v) is 16.6. The van der Waals surface area contributed by atoms with Crippen LogP contribution in [-0.4, -0.2) is 44.4 Å². The molecule has 1 fully saturated rings. The zero-order chi connectivity index (χ0) is 18.5. The van der Waals surface area contributed by atoms with Crippen LogP contribution >= 0.6 is 23.4 Å². The zero-order valence-electron chi connectivity index (χ0n) is 15.0. The smallest absolute Gasteiger partial charge is 0.233 e. The molecule has 2 heterocycles. The lowest BCUT2D eigenvalue weighted by Crippen LogP contribution is -2.38. The Labute approximate surface area is 162 Å². The van der Waals surface area contributed by atoms with Gasteiger partial charge in [-0.1, -0.05) is 30.3 Å². The van der Waals surface area contributed by atoms with Gasteiger partial charge in [-0.15, -0.1) is 10.2 Å². The Hall–Kier alpha value is -1.73. The van der Waals surface area contributed by atoms with Crippen LogP contribution < -0.4 is 4.74 Å². The number of thioether (sulfide) groups is 1. The van der Waals surface area contributed by atoms with Crippen LogP contribution in [-0.2, 0) is 18.4 Å². The summed E-state index contributed by atoms with van der Waals surface area (Å²) in [5.41, 5.74) is 0. The van der Waals surface area contributed by atoms with E-state index in [1.54, 1.807) is 12.1 Å². The number of nitrogens with zero attached hydrogens (tertiary/aromatic N) is 4. The summed E-state index contributed by atoms with van der Waals surface area (Å²) < 4.78 is 7.57. The molecular weight excluding hydrogens is 372 g/mol. The quantitative estimate of drug-likeness (QED) is 0.703. The van der Waals surface area contributed by atoms with Gasteiger partial charge in [0.05, 0.1) is 5.75 Å². The predicted octanol–water partition coefficient (Wildman–Crippen LogP) is 3.40. The fourth-order valence-electron chi connectivity index (χ4n) is 2.75. The lowest BCUT2D eigenvalue weighted by atomic mass is 9.99. The van der Waals surface area contributed by atoms with Crippen molar-refractivity contribution < 1.29 is 9.53 Å². The van der Waals surface area contributed by atoms with E-state index in [1.165, 1.54) is 11.8 Å². The van der Waals surface area contributed by atoms with Gasteiger partial charge >= 0.3 is 0 Å². The van der Waals surface area contributed by atoms with Gasteiger partial charge in [0.25, 0.3) is 0 Å². The summed E-state index contributed by atoms with van der Waals surface area (Å²) in [6.07, 6.45) is 2.18. The van der Waals surface area contributed by atoms with E-state index in [4.69, 9.17) is 16.3 Å². The van der Waals surface area contributed by atoms with E-state index in [-0.39, 0.29) is 5.91 Å². The maximum Gasteiger partial charge on any atom is 0.233 e. The summed E-state index contributed by atoms with van der Waals surface area (Å²) in [5, 5.41) is 9.73. The molecule has 3 rings (SSSR count). The Morgan fingerprint density at radius 2 is 1.96 bits per heavy atom. The van der Waals surface area contributed by atoms with Crippen LogP contribution in [0.2, 0.25) is 5.02 Å². The molecule has 140 valence electrons. The predicted molar refractivity (Wildman–Crippen MR) is 102 cm³/mol. The third-order valence-electron chi connectivity index (χ3n) is 4.57. The molecule has 0 unspecified atom stereocenters. The SMILES string of the molecule is CC1CCN(C(=O)CSc2nnc(COc3ccc(Cl)cc3)n2C)CC1. The van der Waals surface area contributed by atoms with Crippen LogP contribution in [0.1, 0.15) is 25.6 Å². The van der Waals surface area contributed by atoms with Gasteiger partial charge in [-0.05, 0) is 43.0 Å². The maximum absolute atomic E-state index is 12.3. The minimum Gasteiger partial charge on any atom is -0.486 e. The number of halogens is 1. The number of hydrogen-bond donors (Lipinski definition) is 0. The second-order valence-corrected chi connectivity index (χ2v) is 7.93. The van der Waals surface area contributed by atoms with Crippen molar-refractivity contribution in [2.24, 2.45) is 13.0 Å². The number of benzene rings is 1. The molecule has 1 aromatic heterocycles. The van der Waals surface area contributed by atoms with Gasteiger partial charge in [0.1, 0.15) is 12.4 Å². The van der Waals surface area contributed by atoms with E-state index in [9.17, 15) is 4.79 Å². The van der Waals surface area contributed by atoms with E-state index in [0.29, 0.717) is 29.1 Å². The summed E-state index contributed by atoms with van der Waals surface area (Å²) in [4.78, 5) is 14.3. The first-order valence-electron chi connectivity index (χ1n) is 8.70. The molecule has 1 saturated heterocycles. The van der Waals surface area contributed by atoms with E-state index in [1.807, 2.05) is 28.6 Å². The highest BCUT2D eigenvalue weighted by molar-refractivity contribution is 7.99. The van der Waals surface area contributed by atoms with Crippen molar-refractivity contribution in [1.82, 2.24) is 19.7 Å². The summed E-state index contributed by atoms with van der Waals surface area (Å²) in [5.74, 6) is 2.71. The minimum atomic E-state index is 0.170. The minimum absolute atomic E-state index is 0.170. The number of hydrogen-bond acceptors (Lipinski definition) is 5. The highest BCUT2D eigenvalue weighted by Gasteiger charge is 2.21. The normalized spacial score (nSPS) is 15.3. The molecule has 1 aromatic carbocycles. The van der Waals surface area contributed by atoms with Crippen molar-refractivity contribution in [1.29, 1.82) is 0 Å². The molecule has 1 aliphatic rings. The molecule has 26 heavy (non-hydrogen) atoms. The number of carbonyl (C=O) groups is 1. The van der Waals surface area contributed by atoms with Gasteiger partial charge in [0.15, 0.2) is 11.0 Å². The second-order valence-electron chi connectivity index (χ2n) is 6.55. The number of aromatic nitrogens is 3. The van der Waals surface area contributed by atoms with Gasteiger partial charge in [-0.2, -0.15) is 0 Å². The van der Waals surface area contributed by atoms with E-state index in [2.05, 4.69) is 17.1 Å². The molecule has 8 heteroatoms. The maximum atomic E-state index is 12.3. The number of rotatable bonds is 6. The molecule has 6 nitrogen and oxygen atoms in total. The molecule has 0 spiro atoms. The van der Waals surface area contributed by atoms with Crippen molar-refractivity contribution in [3.05, 3.63) is 35.1 Å². The van der Waals surface area contributed by atoms with Crippen molar-refractivity contribution in [2.75, 3.05) is 18.8 Å². The average molecular weight is 395 g/mol. The van der Waals surface area contributed by atoms with Crippen molar-refractivity contribution in [3.8, 4) is 5.75 Å². The van der Waals surface area contributed by atoms with Crippen molar-refractivity contribution in [2.45, 2.75) is 31.5 Å². The van der Waals surface area contributed by atoms with E-state index < -0.39 is 0 Å². The molecule has 0 saturated carbocycles. The Bertz CT molecular complexity index is 742. The topological polar surface area (TPSA) is 60.3 Å². The van der Waals surface area contributed by atoms with Crippen molar-refractivity contribution in [3.63, 3.8) is 0 Å². The number of piperidine rings is 1. The van der Waals surface area contributed by atoms with Gasteiger partial charge < -0.3 is 14.2 Å². The summed E-state index contributed by atoms with van der Waals surface area (Å²) in [7, 11) is 1.88. The molecule has 0 aliphatic carbocycles. The van der Waals surface area contributed by atoms with Crippen LogP contribution in [0.4, 0.5) is 0 Å². The summed E-state index contributed by atoms with van der Waals surface area (Å²) in [6.45, 7) is 4.27. The third-order valence-corrected chi connectivity index (χ3v) is 5.82. The highest BCUT2D eigenvalue weighted by Crippen LogP contribution is 2.21. The Balaban J connectivity index is 1.50. The molecule has 0 N–H and O–H groups in total. The first-order chi connectivity index (χ1) is 12.5. The summed E-state index contributed by atoms with van der Waals surface area (Å²) >= 11 is 7.28.